The highest BCUT2D eigenvalue weighted by molar-refractivity contribution is 5.96. The smallest absolute Gasteiger partial charge is 0.348 e. The summed E-state index contributed by atoms with van der Waals surface area (Å²) in [4.78, 5) is 34.5. The van der Waals surface area contributed by atoms with Gasteiger partial charge in [0.2, 0.25) is 5.60 Å². The number of anilines is 1. The monoisotopic (exact) mass is 471 g/mol. The van der Waals surface area contributed by atoms with Gasteiger partial charge in [0.25, 0.3) is 5.91 Å². The molecule has 4 heterocycles. The summed E-state index contributed by atoms with van der Waals surface area (Å²) in [6.07, 6.45) is 6.01. The van der Waals surface area contributed by atoms with Crippen LogP contribution in [-0.2, 0) is 19.9 Å². The van der Waals surface area contributed by atoms with Gasteiger partial charge in [0.05, 0.1) is 19.3 Å². The summed E-state index contributed by atoms with van der Waals surface area (Å²) in [5.41, 5.74) is 0.966. The number of quaternary nitrogens is 1. The van der Waals surface area contributed by atoms with Crippen molar-refractivity contribution in [1.29, 1.82) is 0 Å². The topological polar surface area (TPSA) is 101 Å². The second kappa shape index (κ2) is 8.25. The number of nitrogens with one attached hydrogen (secondary N) is 1. The fourth-order valence-corrected chi connectivity index (χ4v) is 6.08. The van der Waals surface area contributed by atoms with Gasteiger partial charge in [-0.2, -0.15) is 0 Å². The predicted octanol–water partition coefficient (Wildman–Crippen LogP) is 2.48. The van der Waals surface area contributed by atoms with Gasteiger partial charge < -0.3 is 19.6 Å². The number of aliphatic hydroxyl groups is 1. The number of fused-ring (bicyclic) bond motifs is 6. The Balaban J connectivity index is 1.22. The molecule has 178 valence electrons. The number of ether oxygens (including phenoxy) is 1. The maximum atomic E-state index is 13.6. The third-order valence-corrected chi connectivity index (χ3v) is 7.83. The van der Waals surface area contributed by atoms with Crippen LogP contribution < -0.4 is 5.32 Å². The zero-order valence-corrected chi connectivity index (χ0v) is 19.3. The molecule has 1 aromatic heterocycles. The quantitative estimate of drug-likeness (QED) is 0.438. The number of carbonyl (C=O) groups is 2. The first kappa shape index (κ1) is 21.9. The van der Waals surface area contributed by atoms with Gasteiger partial charge in [-0.25, -0.2) is 9.78 Å². The lowest BCUT2D eigenvalue weighted by molar-refractivity contribution is -0.939. The Morgan fingerprint density at radius 1 is 1.03 bits per heavy atom. The van der Waals surface area contributed by atoms with Crippen LogP contribution in [0.5, 0.6) is 0 Å². The van der Waals surface area contributed by atoms with Crippen molar-refractivity contribution in [1.82, 2.24) is 9.97 Å². The summed E-state index contributed by atoms with van der Waals surface area (Å²) in [6, 6.07) is 14.9. The minimum absolute atomic E-state index is 0.131. The van der Waals surface area contributed by atoms with Gasteiger partial charge in [-0.1, -0.05) is 48.5 Å². The van der Waals surface area contributed by atoms with Crippen LogP contribution in [0.2, 0.25) is 0 Å². The van der Waals surface area contributed by atoms with E-state index in [0.29, 0.717) is 28.0 Å². The Kier molecular flexibility index (Phi) is 5.16. The molecule has 2 N–H and O–H groups in total. The number of benzene rings is 2. The Hall–Kier alpha value is -3.62. The van der Waals surface area contributed by atoms with Crippen LogP contribution in [-0.4, -0.2) is 63.7 Å². The van der Waals surface area contributed by atoms with Crippen molar-refractivity contribution < 1.29 is 23.9 Å². The van der Waals surface area contributed by atoms with Crippen molar-refractivity contribution in [2.75, 3.05) is 31.5 Å². The summed E-state index contributed by atoms with van der Waals surface area (Å²) < 4.78 is 6.65. The minimum atomic E-state index is -1.84. The highest BCUT2D eigenvalue weighted by Gasteiger charge is 2.53. The molecule has 8 heteroatoms. The molecule has 1 unspecified atom stereocenters. The van der Waals surface area contributed by atoms with E-state index in [1.165, 1.54) is 12.4 Å². The molecule has 0 spiro atoms. The van der Waals surface area contributed by atoms with E-state index in [1.54, 1.807) is 18.3 Å². The van der Waals surface area contributed by atoms with Gasteiger partial charge in [-0.3, -0.25) is 9.78 Å². The van der Waals surface area contributed by atoms with E-state index in [-0.39, 0.29) is 24.5 Å². The molecule has 7 rings (SSSR count). The Morgan fingerprint density at radius 3 is 2.31 bits per heavy atom. The predicted molar refractivity (Wildman–Crippen MR) is 128 cm³/mol. The summed E-state index contributed by atoms with van der Waals surface area (Å²) in [6.45, 7) is 2.57. The molecular formula is C27H27N4O4+. The van der Waals surface area contributed by atoms with Crippen molar-refractivity contribution in [2.45, 2.75) is 24.5 Å². The second-order valence-corrected chi connectivity index (χ2v) is 9.85. The number of aromatic nitrogens is 2. The molecule has 2 aromatic carbocycles. The van der Waals surface area contributed by atoms with Crippen LogP contribution in [0.1, 0.15) is 24.0 Å². The fraction of sp³-hybridized carbons (Fsp3) is 0.333. The summed E-state index contributed by atoms with van der Waals surface area (Å²) in [5, 5.41) is 14.6. The van der Waals surface area contributed by atoms with Crippen LogP contribution in [0.25, 0.3) is 11.1 Å². The zero-order chi connectivity index (χ0) is 24.0. The molecule has 8 nitrogen and oxygen atoms in total. The highest BCUT2D eigenvalue weighted by atomic mass is 16.6. The van der Waals surface area contributed by atoms with E-state index in [4.69, 9.17) is 4.74 Å². The highest BCUT2D eigenvalue weighted by Crippen LogP contribution is 2.48. The van der Waals surface area contributed by atoms with Crippen LogP contribution in [0.4, 0.5) is 5.82 Å². The average molecular weight is 472 g/mol. The van der Waals surface area contributed by atoms with Crippen molar-refractivity contribution in [3.63, 3.8) is 0 Å². The number of hydrogen-bond acceptors (Lipinski definition) is 6. The maximum Gasteiger partial charge on any atom is 0.348 e. The Labute approximate surface area is 203 Å². The molecule has 0 radical (unpaired) electrons. The van der Waals surface area contributed by atoms with E-state index >= 15 is 0 Å². The SMILES string of the molecule is O=C(C[N+]12CCC(CC1)C(OC(=O)C1(O)c3ccccc3-c3ccccc31)C2)Nc1cnccn1. The molecule has 3 fully saturated rings. The number of amides is 1. The maximum absolute atomic E-state index is 13.6. The van der Waals surface area contributed by atoms with E-state index in [1.807, 2.05) is 36.4 Å². The van der Waals surface area contributed by atoms with E-state index in [0.717, 1.165) is 37.1 Å². The molecule has 35 heavy (non-hydrogen) atoms. The van der Waals surface area contributed by atoms with Crippen molar-refractivity contribution in [2.24, 2.45) is 5.92 Å². The van der Waals surface area contributed by atoms with Crippen LogP contribution in [0.15, 0.2) is 67.1 Å². The summed E-state index contributed by atoms with van der Waals surface area (Å²) in [7, 11) is 0. The van der Waals surface area contributed by atoms with Gasteiger partial charge in [-0.05, 0) is 11.1 Å². The first-order valence-corrected chi connectivity index (χ1v) is 12.0. The van der Waals surface area contributed by atoms with Crippen LogP contribution in [0, 0.1) is 5.92 Å². The largest absolute Gasteiger partial charge is 0.453 e. The number of esters is 1. The van der Waals surface area contributed by atoms with Gasteiger partial charge in [0, 0.05) is 42.3 Å². The van der Waals surface area contributed by atoms with E-state index in [9.17, 15) is 14.7 Å². The number of carbonyl (C=O) groups excluding carboxylic acids is 2. The van der Waals surface area contributed by atoms with Crippen molar-refractivity contribution in [3.05, 3.63) is 78.2 Å². The molecule has 1 aliphatic carbocycles. The lowest BCUT2D eigenvalue weighted by Gasteiger charge is -2.51. The van der Waals surface area contributed by atoms with Crippen molar-refractivity contribution >= 4 is 17.7 Å². The third kappa shape index (κ3) is 3.61. The van der Waals surface area contributed by atoms with Gasteiger partial charge in [0.1, 0.15) is 6.54 Å². The second-order valence-electron chi connectivity index (χ2n) is 9.85. The molecule has 0 saturated carbocycles. The summed E-state index contributed by atoms with van der Waals surface area (Å²) >= 11 is 0. The molecular weight excluding hydrogens is 444 g/mol. The first-order valence-electron chi connectivity index (χ1n) is 12.0. The molecule has 1 atom stereocenters. The van der Waals surface area contributed by atoms with Crippen molar-refractivity contribution in [3.8, 4) is 11.1 Å². The van der Waals surface area contributed by atoms with Gasteiger partial charge >= 0.3 is 5.97 Å². The minimum Gasteiger partial charge on any atom is -0.453 e. The number of hydrogen-bond donors (Lipinski definition) is 2. The molecule has 3 aromatic rings. The number of nitrogens with zero attached hydrogens (tertiary/aromatic N) is 3. The van der Waals surface area contributed by atoms with E-state index < -0.39 is 11.6 Å². The Morgan fingerprint density at radius 2 is 1.69 bits per heavy atom. The first-order chi connectivity index (χ1) is 17.0. The van der Waals surface area contributed by atoms with Crippen LogP contribution >= 0.6 is 0 Å². The van der Waals surface area contributed by atoms with E-state index in [2.05, 4.69) is 15.3 Å². The van der Waals surface area contributed by atoms with Crippen LogP contribution in [0.3, 0.4) is 0 Å². The number of piperidine rings is 3. The zero-order valence-electron chi connectivity index (χ0n) is 19.3. The molecule has 4 aliphatic rings. The number of rotatable bonds is 5. The summed E-state index contributed by atoms with van der Waals surface area (Å²) in [5.74, 6) is -0.118. The molecule has 3 aliphatic heterocycles. The third-order valence-electron chi connectivity index (χ3n) is 7.83. The van der Waals surface area contributed by atoms with Gasteiger partial charge in [0.15, 0.2) is 18.5 Å². The fourth-order valence-electron chi connectivity index (χ4n) is 6.08. The Bertz CT molecular complexity index is 1240. The van der Waals surface area contributed by atoms with Gasteiger partial charge in [-0.15, -0.1) is 0 Å². The normalized spacial score (nSPS) is 25.4. The average Bonchev–Trinajstić information content (AvgIpc) is 3.15. The standard InChI is InChI=1S/C27H26N4O4/c32-25(30-24-15-28-11-12-29-24)17-31-13-9-18(10-14-31)23(16-31)35-26(33)27(34)21-7-3-1-5-19(21)20-6-2-4-8-22(20)27/h1-8,11-12,15,18,23,34H,9-10,13-14,16-17H2/p+1. The lowest BCUT2D eigenvalue weighted by atomic mass is 9.82. The molecule has 1 amide bonds. The lowest BCUT2D eigenvalue weighted by Crippen LogP contribution is -2.66. The molecule has 3 saturated heterocycles. The molecule has 2 bridgehead atoms.